The van der Waals surface area contributed by atoms with E-state index in [-0.39, 0.29) is 5.69 Å². The molecule has 1 N–H and O–H groups in total. The molecule has 1 amide bonds. The zero-order valence-corrected chi connectivity index (χ0v) is 10.8. The van der Waals surface area contributed by atoms with Crippen LogP contribution in [0.25, 0.3) is 0 Å². The SMILES string of the molecule is COC(=O)c1cc(NC(=O)OC(C)(C)C)ccn1. The van der Waals surface area contributed by atoms with Crippen LogP contribution in [0.2, 0.25) is 0 Å². The summed E-state index contributed by atoms with van der Waals surface area (Å²) in [6, 6.07) is 2.96. The van der Waals surface area contributed by atoms with Gasteiger partial charge in [0.2, 0.25) is 0 Å². The quantitative estimate of drug-likeness (QED) is 0.816. The van der Waals surface area contributed by atoms with E-state index in [0.29, 0.717) is 5.69 Å². The van der Waals surface area contributed by atoms with Gasteiger partial charge in [-0.1, -0.05) is 0 Å². The number of carbonyl (C=O) groups excluding carboxylic acids is 2. The predicted octanol–water partition coefficient (Wildman–Crippen LogP) is 2.22. The number of amides is 1. The number of nitrogens with zero attached hydrogens (tertiary/aromatic N) is 1. The van der Waals surface area contributed by atoms with Crippen LogP contribution in [0.1, 0.15) is 31.3 Å². The first-order valence-electron chi connectivity index (χ1n) is 5.36. The number of methoxy groups -OCH3 is 1. The van der Waals surface area contributed by atoms with E-state index in [1.165, 1.54) is 19.4 Å². The Bertz CT molecular complexity index is 452. The second-order valence-electron chi connectivity index (χ2n) is 4.55. The summed E-state index contributed by atoms with van der Waals surface area (Å²) in [6.45, 7) is 5.29. The number of hydrogen-bond donors (Lipinski definition) is 1. The van der Waals surface area contributed by atoms with E-state index in [1.54, 1.807) is 26.8 Å². The van der Waals surface area contributed by atoms with Crippen LogP contribution in [0.15, 0.2) is 18.3 Å². The highest BCUT2D eigenvalue weighted by Gasteiger charge is 2.16. The Morgan fingerprint density at radius 3 is 2.56 bits per heavy atom. The van der Waals surface area contributed by atoms with E-state index in [1.807, 2.05) is 0 Å². The predicted molar refractivity (Wildman–Crippen MR) is 65.4 cm³/mol. The molecule has 1 aromatic heterocycles. The molecule has 0 saturated carbocycles. The number of nitrogens with one attached hydrogen (secondary N) is 1. The number of carbonyl (C=O) groups is 2. The van der Waals surface area contributed by atoms with Gasteiger partial charge in [-0.05, 0) is 32.9 Å². The second-order valence-corrected chi connectivity index (χ2v) is 4.55. The van der Waals surface area contributed by atoms with Gasteiger partial charge >= 0.3 is 12.1 Å². The van der Waals surface area contributed by atoms with Gasteiger partial charge in [-0.3, -0.25) is 5.32 Å². The molecule has 0 aliphatic carbocycles. The van der Waals surface area contributed by atoms with Gasteiger partial charge in [-0.15, -0.1) is 0 Å². The number of pyridine rings is 1. The van der Waals surface area contributed by atoms with Crippen LogP contribution in [-0.2, 0) is 9.47 Å². The van der Waals surface area contributed by atoms with E-state index < -0.39 is 17.7 Å². The molecule has 6 nitrogen and oxygen atoms in total. The molecule has 0 saturated heterocycles. The molecule has 18 heavy (non-hydrogen) atoms. The lowest BCUT2D eigenvalue weighted by Crippen LogP contribution is -2.27. The Hall–Kier alpha value is -2.11. The summed E-state index contributed by atoms with van der Waals surface area (Å²) in [6.07, 6.45) is 0.809. The molecule has 0 atom stereocenters. The van der Waals surface area contributed by atoms with Gasteiger partial charge < -0.3 is 9.47 Å². The van der Waals surface area contributed by atoms with E-state index in [0.717, 1.165) is 0 Å². The van der Waals surface area contributed by atoms with Crippen molar-refractivity contribution in [2.45, 2.75) is 26.4 Å². The Balaban J connectivity index is 2.74. The van der Waals surface area contributed by atoms with Crippen molar-refractivity contribution < 1.29 is 19.1 Å². The minimum absolute atomic E-state index is 0.117. The van der Waals surface area contributed by atoms with Gasteiger partial charge in [0.15, 0.2) is 0 Å². The smallest absolute Gasteiger partial charge is 0.412 e. The van der Waals surface area contributed by atoms with Crippen molar-refractivity contribution in [3.63, 3.8) is 0 Å². The Morgan fingerprint density at radius 1 is 1.33 bits per heavy atom. The van der Waals surface area contributed by atoms with Crippen molar-refractivity contribution >= 4 is 17.7 Å². The van der Waals surface area contributed by atoms with Crippen LogP contribution in [0.3, 0.4) is 0 Å². The Morgan fingerprint density at radius 2 is 2.00 bits per heavy atom. The number of rotatable bonds is 2. The molecule has 0 unspecified atom stereocenters. The first-order chi connectivity index (χ1) is 8.31. The third-order valence-electron chi connectivity index (χ3n) is 1.80. The highest BCUT2D eigenvalue weighted by molar-refractivity contribution is 5.90. The van der Waals surface area contributed by atoms with Crippen molar-refractivity contribution in [2.24, 2.45) is 0 Å². The topological polar surface area (TPSA) is 77.5 Å². The molecule has 0 aromatic carbocycles. The molecule has 1 heterocycles. The highest BCUT2D eigenvalue weighted by atomic mass is 16.6. The fraction of sp³-hybridized carbons (Fsp3) is 0.417. The maximum atomic E-state index is 11.5. The summed E-state index contributed by atoms with van der Waals surface area (Å²) in [5.41, 5.74) is -0.0480. The molecule has 0 aliphatic rings. The fourth-order valence-corrected chi connectivity index (χ4v) is 1.15. The lowest BCUT2D eigenvalue weighted by Gasteiger charge is -2.19. The molecular formula is C12H16N2O4. The first-order valence-corrected chi connectivity index (χ1v) is 5.36. The van der Waals surface area contributed by atoms with Crippen molar-refractivity contribution in [2.75, 3.05) is 12.4 Å². The standard InChI is InChI=1S/C12H16N2O4/c1-12(2,3)18-11(16)14-8-5-6-13-9(7-8)10(15)17-4/h5-7H,1-4H3,(H,13,14,16). The molecule has 0 aliphatic heterocycles. The van der Waals surface area contributed by atoms with Crippen LogP contribution in [0.4, 0.5) is 10.5 Å². The Labute approximate surface area is 105 Å². The maximum absolute atomic E-state index is 11.5. The third kappa shape index (κ3) is 4.40. The van der Waals surface area contributed by atoms with Gasteiger partial charge in [0, 0.05) is 11.9 Å². The summed E-state index contributed by atoms with van der Waals surface area (Å²) in [5.74, 6) is -0.567. The zero-order valence-electron chi connectivity index (χ0n) is 10.8. The summed E-state index contributed by atoms with van der Waals surface area (Å²) < 4.78 is 9.61. The fourth-order valence-electron chi connectivity index (χ4n) is 1.15. The number of aromatic nitrogens is 1. The molecule has 1 aromatic rings. The molecule has 98 valence electrons. The summed E-state index contributed by atoms with van der Waals surface area (Å²) in [7, 11) is 1.26. The largest absolute Gasteiger partial charge is 0.464 e. The lowest BCUT2D eigenvalue weighted by atomic mass is 10.2. The molecular weight excluding hydrogens is 236 g/mol. The second kappa shape index (κ2) is 5.48. The van der Waals surface area contributed by atoms with E-state index in [4.69, 9.17) is 4.74 Å². The molecule has 6 heteroatoms. The van der Waals surface area contributed by atoms with Gasteiger partial charge in [-0.2, -0.15) is 0 Å². The zero-order chi connectivity index (χ0) is 13.8. The van der Waals surface area contributed by atoms with Gasteiger partial charge in [0.25, 0.3) is 0 Å². The van der Waals surface area contributed by atoms with E-state index in [2.05, 4.69) is 15.0 Å². The highest BCUT2D eigenvalue weighted by Crippen LogP contribution is 2.12. The van der Waals surface area contributed by atoms with Crippen LogP contribution in [-0.4, -0.2) is 29.8 Å². The van der Waals surface area contributed by atoms with Crippen molar-refractivity contribution in [3.8, 4) is 0 Å². The maximum Gasteiger partial charge on any atom is 0.412 e. The molecule has 1 rings (SSSR count). The average Bonchev–Trinajstić information content (AvgIpc) is 2.25. The Kier molecular flexibility index (Phi) is 4.25. The molecule has 0 fully saturated rings. The minimum Gasteiger partial charge on any atom is -0.464 e. The molecule has 0 radical (unpaired) electrons. The van der Waals surface area contributed by atoms with Gasteiger partial charge in [0.1, 0.15) is 11.3 Å². The third-order valence-corrected chi connectivity index (χ3v) is 1.80. The first kappa shape index (κ1) is 14.0. The summed E-state index contributed by atoms with van der Waals surface area (Å²) in [5, 5.41) is 2.51. The normalized spacial score (nSPS) is 10.7. The van der Waals surface area contributed by atoms with Gasteiger partial charge in [-0.25, -0.2) is 14.6 Å². The monoisotopic (exact) mass is 252 g/mol. The van der Waals surface area contributed by atoms with E-state index in [9.17, 15) is 9.59 Å². The van der Waals surface area contributed by atoms with Crippen LogP contribution < -0.4 is 5.32 Å². The van der Waals surface area contributed by atoms with Crippen LogP contribution >= 0.6 is 0 Å². The molecule has 0 bridgehead atoms. The number of ether oxygens (including phenoxy) is 2. The average molecular weight is 252 g/mol. The van der Waals surface area contributed by atoms with E-state index >= 15 is 0 Å². The molecule has 0 spiro atoms. The van der Waals surface area contributed by atoms with Gasteiger partial charge in [0.05, 0.1) is 7.11 Å². The number of hydrogen-bond acceptors (Lipinski definition) is 5. The minimum atomic E-state index is -0.593. The lowest BCUT2D eigenvalue weighted by molar-refractivity contribution is 0.0590. The number of anilines is 1. The number of esters is 1. The summed E-state index contributed by atoms with van der Waals surface area (Å²) in [4.78, 5) is 26.6. The van der Waals surface area contributed by atoms with Crippen molar-refractivity contribution in [1.29, 1.82) is 0 Å². The van der Waals surface area contributed by atoms with Crippen LogP contribution in [0.5, 0.6) is 0 Å². The van der Waals surface area contributed by atoms with Crippen molar-refractivity contribution in [1.82, 2.24) is 4.98 Å². The van der Waals surface area contributed by atoms with Crippen molar-refractivity contribution in [3.05, 3.63) is 24.0 Å². The summed E-state index contributed by atoms with van der Waals surface area (Å²) >= 11 is 0. The van der Waals surface area contributed by atoms with Crippen LogP contribution in [0, 0.1) is 0 Å².